The van der Waals surface area contributed by atoms with Crippen molar-refractivity contribution in [2.75, 3.05) is 5.88 Å². The van der Waals surface area contributed by atoms with Gasteiger partial charge in [0.1, 0.15) is 5.82 Å². The second-order valence-corrected chi connectivity index (χ2v) is 3.48. The molecule has 0 aliphatic rings. The maximum absolute atomic E-state index is 12.8. The molecule has 0 heterocycles. The van der Waals surface area contributed by atoms with E-state index in [-0.39, 0.29) is 5.82 Å². The first kappa shape index (κ1) is 9.75. The van der Waals surface area contributed by atoms with E-state index >= 15 is 0 Å². The summed E-state index contributed by atoms with van der Waals surface area (Å²) >= 11 is 8.64. The third kappa shape index (κ3) is 2.95. The van der Waals surface area contributed by atoms with Gasteiger partial charge in [0, 0.05) is 10.4 Å². The van der Waals surface area contributed by atoms with Crippen LogP contribution in [0.25, 0.3) is 6.08 Å². The average Bonchev–Trinajstić information content (AvgIpc) is 1.99. The van der Waals surface area contributed by atoms with Crippen LogP contribution in [0.15, 0.2) is 28.7 Å². The van der Waals surface area contributed by atoms with Gasteiger partial charge in [-0.3, -0.25) is 0 Å². The minimum Gasteiger partial charge on any atom is -0.207 e. The van der Waals surface area contributed by atoms with Crippen LogP contribution in [0.5, 0.6) is 0 Å². The van der Waals surface area contributed by atoms with Gasteiger partial charge < -0.3 is 0 Å². The summed E-state index contributed by atoms with van der Waals surface area (Å²) in [5.41, 5.74) is 0.808. The Labute approximate surface area is 84.2 Å². The minimum atomic E-state index is -0.251. The first-order chi connectivity index (χ1) is 5.72. The standard InChI is InChI=1S/C9H7BrClF/c10-8-4-7(2-1-3-11)5-9(12)6-8/h1-2,4-6H,3H2. The summed E-state index contributed by atoms with van der Waals surface area (Å²) in [6.45, 7) is 0. The van der Waals surface area contributed by atoms with E-state index in [1.165, 1.54) is 12.1 Å². The predicted octanol–water partition coefficient (Wildman–Crippen LogP) is 3.84. The molecular formula is C9H7BrClF. The molecule has 0 amide bonds. The summed E-state index contributed by atoms with van der Waals surface area (Å²) in [5.74, 6) is 0.187. The lowest BCUT2D eigenvalue weighted by atomic mass is 10.2. The summed E-state index contributed by atoms with van der Waals surface area (Å²) in [6.07, 6.45) is 3.55. The molecule has 0 unspecified atom stereocenters. The molecule has 0 spiro atoms. The number of hydrogen-bond donors (Lipinski definition) is 0. The zero-order chi connectivity index (χ0) is 8.97. The third-order valence-corrected chi connectivity index (χ3v) is 1.92. The Hall–Kier alpha value is -0.340. The Morgan fingerprint density at radius 1 is 1.42 bits per heavy atom. The van der Waals surface area contributed by atoms with Gasteiger partial charge >= 0.3 is 0 Å². The molecule has 0 bridgehead atoms. The van der Waals surface area contributed by atoms with E-state index in [2.05, 4.69) is 15.9 Å². The van der Waals surface area contributed by atoms with Crippen molar-refractivity contribution >= 4 is 33.6 Å². The highest BCUT2D eigenvalue weighted by molar-refractivity contribution is 9.10. The largest absolute Gasteiger partial charge is 0.207 e. The fraction of sp³-hybridized carbons (Fsp3) is 0.111. The maximum Gasteiger partial charge on any atom is 0.124 e. The number of rotatable bonds is 2. The number of alkyl halides is 1. The molecule has 12 heavy (non-hydrogen) atoms. The normalized spacial score (nSPS) is 10.9. The van der Waals surface area contributed by atoms with Gasteiger partial charge in [0.2, 0.25) is 0 Å². The Kier molecular flexibility index (Phi) is 3.76. The number of halogens is 3. The van der Waals surface area contributed by atoms with Crippen LogP contribution < -0.4 is 0 Å². The van der Waals surface area contributed by atoms with E-state index in [0.29, 0.717) is 5.88 Å². The van der Waals surface area contributed by atoms with Crippen molar-refractivity contribution in [2.24, 2.45) is 0 Å². The lowest BCUT2D eigenvalue weighted by molar-refractivity contribution is 0.626. The summed E-state index contributed by atoms with van der Waals surface area (Å²) in [5, 5.41) is 0. The lowest BCUT2D eigenvalue weighted by Crippen LogP contribution is -1.77. The first-order valence-corrected chi connectivity index (χ1v) is 4.74. The fourth-order valence-corrected chi connectivity index (χ4v) is 1.42. The van der Waals surface area contributed by atoms with Gasteiger partial charge in [-0.15, -0.1) is 11.6 Å². The Bertz CT molecular complexity index is 276. The molecule has 0 atom stereocenters. The quantitative estimate of drug-likeness (QED) is 0.699. The molecule has 0 saturated heterocycles. The molecule has 1 aromatic carbocycles. The summed E-state index contributed by atoms with van der Waals surface area (Å²) in [6, 6.07) is 4.69. The van der Waals surface area contributed by atoms with Crippen molar-refractivity contribution in [3.63, 3.8) is 0 Å². The van der Waals surface area contributed by atoms with E-state index in [1.807, 2.05) is 6.07 Å². The van der Waals surface area contributed by atoms with E-state index in [4.69, 9.17) is 11.6 Å². The molecule has 0 N–H and O–H groups in total. The molecule has 0 fully saturated rings. The van der Waals surface area contributed by atoms with Gasteiger partial charge in [0.15, 0.2) is 0 Å². The predicted molar refractivity (Wildman–Crippen MR) is 53.9 cm³/mol. The van der Waals surface area contributed by atoms with Gasteiger partial charge in [-0.1, -0.05) is 28.1 Å². The van der Waals surface area contributed by atoms with Crippen molar-refractivity contribution in [2.45, 2.75) is 0 Å². The number of benzene rings is 1. The molecule has 1 aromatic rings. The molecule has 1 rings (SSSR count). The smallest absolute Gasteiger partial charge is 0.124 e. The van der Waals surface area contributed by atoms with Crippen LogP contribution in [0.3, 0.4) is 0 Å². The van der Waals surface area contributed by atoms with Gasteiger partial charge in [-0.05, 0) is 23.8 Å². The summed E-state index contributed by atoms with van der Waals surface area (Å²) in [7, 11) is 0. The van der Waals surface area contributed by atoms with Crippen LogP contribution in [-0.4, -0.2) is 5.88 Å². The maximum atomic E-state index is 12.8. The average molecular weight is 250 g/mol. The second kappa shape index (κ2) is 4.63. The zero-order valence-electron chi connectivity index (χ0n) is 6.23. The molecule has 0 aliphatic heterocycles. The number of allylic oxidation sites excluding steroid dienone is 1. The van der Waals surface area contributed by atoms with Crippen LogP contribution in [-0.2, 0) is 0 Å². The van der Waals surface area contributed by atoms with E-state index in [9.17, 15) is 4.39 Å². The first-order valence-electron chi connectivity index (χ1n) is 3.41. The molecule has 64 valence electrons. The lowest BCUT2D eigenvalue weighted by Gasteiger charge is -1.95. The van der Waals surface area contributed by atoms with Crippen molar-refractivity contribution in [1.29, 1.82) is 0 Å². The van der Waals surface area contributed by atoms with Crippen LogP contribution in [0.1, 0.15) is 5.56 Å². The topological polar surface area (TPSA) is 0 Å². The monoisotopic (exact) mass is 248 g/mol. The molecule has 3 heteroatoms. The van der Waals surface area contributed by atoms with Crippen molar-refractivity contribution in [3.05, 3.63) is 40.1 Å². The van der Waals surface area contributed by atoms with Crippen LogP contribution in [0, 0.1) is 5.82 Å². The van der Waals surface area contributed by atoms with E-state index in [0.717, 1.165) is 10.0 Å². The molecule has 0 aliphatic carbocycles. The highest BCUT2D eigenvalue weighted by Crippen LogP contribution is 2.15. The Morgan fingerprint density at radius 2 is 2.17 bits per heavy atom. The minimum absolute atomic E-state index is 0.251. The summed E-state index contributed by atoms with van der Waals surface area (Å²) < 4.78 is 13.5. The van der Waals surface area contributed by atoms with Crippen molar-refractivity contribution < 1.29 is 4.39 Å². The highest BCUT2D eigenvalue weighted by Gasteiger charge is 1.94. The van der Waals surface area contributed by atoms with Crippen LogP contribution >= 0.6 is 27.5 Å². The third-order valence-electron chi connectivity index (χ3n) is 1.28. The molecule has 0 aromatic heterocycles. The van der Waals surface area contributed by atoms with Crippen LogP contribution in [0.4, 0.5) is 4.39 Å². The second-order valence-electron chi connectivity index (χ2n) is 2.26. The summed E-state index contributed by atoms with van der Waals surface area (Å²) in [4.78, 5) is 0. The van der Waals surface area contributed by atoms with Gasteiger partial charge in [-0.25, -0.2) is 4.39 Å². The molecule has 0 nitrogen and oxygen atoms in total. The van der Waals surface area contributed by atoms with Gasteiger partial charge in [0.25, 0.3) is 0 Å². The van der Waals surface area contributed by atoms with E-state index < -0.39 is 0 Å². The highest BCUT2D eigenvalue weighted by atomic mass is 79.9. The fourth-order valence-electron chi connectivity index (χ4n) is 0.852. The van der Waals surface area contributed by atoms with Crippen molar-refractivity contribution in [3.8, 4) is 0 Å². The molecular weight excluding hydrogens is 242 g/mol. The molecule has 0 saturated carbocycles. The SMILES string of the molecule is Fc1cc(Br)cc(C=CCCl)c1. The molecule has 0 radical (unpaired) electrons. The number of hydrogen-bond acceptors (Lipinski definition) is 0. The Balaban J connectivity index is 2.93. The van der Waals surface area contributed by atoms with Gasteiger partial charge in [0.05, 0.1) is 0 Å². The van der Waals surface area contributed by atoms with Crippen molar-refractivity contribution in [1.82, 2.24) is 0 Å². The Morgan fingerprint density at radius 3 is 2.75 bits per heavy atom. The zero-order valence-corrected chi connectivity index (χ0v) is 8.57. The van der Waals surface area contributed by atoms with Gasteiger partial charge in [-0.2, -0.15) is 0 Å². The van der Waals surface area contributed by atoms with Crippen LogP contribution in [0.2, 0.25) is 0 Å². The van der Waals surface area contributed by atoms with E-state index in [1.54, 1.807) is 12.2 Å².